The fourth-order valence-electron chi connectivity index (χ4n) is 2.73. The Labute approximate surface area is 122 Å². The van der Waals surface area contributed by atoms with Gasteiger partial charge in [0.2, 0.25) is 5.91 Å². The second kappa shape index (κ2) is 5.69. The van der Waals surface area contributed by atoms with Gasteiger partial charge in [-0.05, 0) is 6.07 Å². The van der Waals surface area contributed by atoms with E-state index >= 15 is 0 Å². The van der Waals surface area contributed by atoms with E-state index in [2.05, 4.69) is 10.2 Å². The van der Waals surface area contributed by atoms with E-state index in [0.29, 0.717) is 26.2 Å². The summed E-state index contributed by atoms with van der Waals surface area (Å²) in [5.41, 5.74) is 2.10. The zero-order valence-corrected chi connectivity index (χ0v) is 12.0. The van der Waals surface area contributed by atoms with Crippen molar-refractivity contribution in [3.63, 3.8) is 0 Å². The van der Waals surface area contributed by atoms with Gasteiger partial charge in [0.15, 0.2) is 0 Å². The maximum Gasteiger partial charge on any atom is 0.227 e. The molecule has 1 unspecified atom stereocenters. The van der Waals surface area contributed by atoms with Crippen LogP contribution in [-0.4, -0.2) is 42.1 Å². The Hall–Kier alpha value is -2.15. The summed E-state index contributed by atoms with van der Waals surface area (Å²) in [6, 6.07) is 1.85. The molecule has 7 nitrogen and oxygen atoms in total. The first-order chi connectivity index (χ1) is 10.2. The van der Waals surface area contributed by atoms with Gasteiger partial charge in [0.05, 0.1) is 44.0 Å². The number of amides is 1. The lowest BCUT2D eigenvalue weighted by molar-refractivity contribution is -0.136. The smallest absolute Gasteiger partial charge is 0.227 e. The van der Waals surface area contributed by atoms with Crippen LogP contribution in [0.15, 0.2) is 24.7 Å². The summed E-state index contributed by atoms with van der Waals surface area (Å²) >= 11 is 0. The van der Waals surface area contributed by atoms with E-state index in [4.69, 9.17) is 5.11 Å². The van der Waals surface area contributed by atoms with Gasteiger partial charge in [0.25, 0.3) is 0 Å². The third-order valence-electron chi connectivity index (χ3n) is 3.80. The van der Waals surface area contributed by atoms with Gasteiger partial charge in [0, 0.05) is 24.5 Å². The summed E-state index contributed by atoms with van der Waals surface area (Å²) < 4.78 is 3.56. The predicted octanol–water partition coefficient (Wildman–Crippen LogP) is 0.250. The van der Waals surface area contributed by atoms with Gasteiger partial charge in [-0.2, -0.15) is 10.2 Å². The highest BCUT2D eigenvalue weighted by atomic mass is 16.3. The van der Waals surface area contributed by atoms with Gasteiger partial charge >= 0.3 is 0 Å². The molecule has 112 valence electrons. The van der Waals surface area contributed by atoms with Crippen LogP contribution in [0.1, 0.15) is 18.2 Å². The van der Waals surface area contributed by atoms with Crippen molar-refractivity contribution in [2.45, 2.75) is 33.1 Å². The van der Waals surface area contributed by atoms with Gasteiger partial charge < -0.3 is 10.0 Å². The summed E-state index contributed by atoms with van der Waals surface area (Å²) in [6.07, 6.45) is 5.37. The van der Waals surface area contributed by atoms with Crippen molar-refractivity contribution in [3.8, 4) is 0 Å². The zero-order chi connectivity index (χ0) is 14.8. The minimum atomic E-state index is -0.117. The van der Waals surface area contributed by atoms with E-state index in [1.165, 1.54) is 0 Å². The molecule has 0 saturated carbocycles. The lowest BCUT2D eigenvalue weighted by Gasteiger charge is -2.20. The molecule has 1 aliphatic heterocycles. The van der Waals surface area contributed by atoms with Crippen LogP contribution >= 0.6 is 0 Å². The Balaban J connectivity index is 1.64. The Bertz CT molecular complexity index is 619. The monoisotopic (exact) mass is 289 g/mol. The van der Waals surface area contributed by atoms with Gasteiger partial charge in [-0.1, -0.05) is 6.92 Å². The average Bonchev–Trinajstić information content (AvgIpc) is 3.16. The molecule has 0 saturated heterocycles. The quantitative estimate of drug-likeness (QED) is 0.856. The molecule has 0 aliphatic carbocycles. The van der Waals surface area contributed by atoms with Crippen LogP contribution in [-0.2, 0) is 31.0 Å². The SMILES string of the molecule is CC(Cn1cccn1)C(=O)N1Cc2cnn(CCO)c2C1. The van der Waals surface area contributed by atoms with E-state index in [0.717, 1.165) is 11.3 Å². The Morgan fingerprint density at radius 2 is 2.29 bits per heavy atom. The van der Waals surface area contributed by atoms with Crippen molar-refractivity contribution in [2.24, 2.45) is 5.92 Å². The number of carbonyl (C=O) groups excluding carboxylic acids is 1. The fraction of sp³-hybridized carbons (Fsp3) is 0.500. The molecule has 3 rings (SSSR count). The van der Waals surface area contributed by atoms with Gasteiger partial charge in [0.1, 0.15) is 0 Å². The number of aliphatic hydroxyl groups excluding tert-OH is 1. The number of carbonyl (C=O) groups is 1. The van der Waals surface area contributed by atoms with Crippen molar-refractivity contribution < 1.29 is 9.90 Å². The number of fused-ring (bicyclic) bond motifs is 1. The Kier molecular flexibility index (Phi) is 3.74. The summed E-state index contributed by atoms with van der Waals surface area (Å²) in [5, 5.41) is 17.4. The van der Waals surface area contributed by atoms with Crippen molar-refractivity contribution in [3.05, 3.63) is 35.9 Å². The van der Waals surface area contributed by atoms with Crippen LogP contribution in [0.4, 0.5) is 0 Å². The largest absolute Gasteiger partial charge is 0.394 e. The molecule has 0 fully saturated rings. The minimum Gasteiger partial charge on any atom is -0.394 e. The highest BCUT2D eigenvalue weighted by Crippen LogP contribution is 2.24. The normalized spacial score (nSPS) is 15.2. The number of hydrogen-bond acceptors (Lipinski definition) is 4. The molecule has 1 amide bonds. The molecule has 1 aliphatic rings. The summed E-state index contributed by atoms with van der Waals surface area (Å²) in [4.78, 5) is 14.4. The lowest BCUT2D eigenvalue weighted by Crippen LogP contribution is -2.33. The summed E-state index contributed by atoms with van der Waals surface area (Å²) in [6.45, 7) is 4.20. The molecule has 2 aromatic rings. The number of rotatable bonds is 5. The Morgan fingerprint density at radius 1 is 1.43 bits per heavy atom. The molecular weight excluding hydrogens is 270 g/mol. The molecule has 0 radical (unpaired) electrons. The molecular formula is C14H19N5O2. The predicted molar refractivity (Wildman–Crippen MR) is 75.0 cm³/mol. The number of nitrogens with zero attached hydrogens (tertiary/aromatic N) is 5. The minimum absolute atomic E-state index is 0.0533. The third-order valence-corrected chi connectivity index (χ3v) is 3.80. The van der Waals surface area contributed by atoms with Gasteiger partial charge in [-0.3, -0.25) is 14.2 Å². The number of aromatic nitrogens is 4. The van der Waals surface area contributed by atoms with E-state index in [-0.39, 0.29) is 18.4 Å². The van der Waals surface area contributed by atoms with Crippen molar-refractivity contribution >= 4 is 5.91 Å². The second-order valence-electron chi connectivity index (χ2n) is 5.39. The first kappa shape index (κ1) is 13.8. The maximum atomic E-state index is 12.5. The first-order valence-electron chi connectivity index (χ1n) is 7.09. The number of aliphatic hydroxyl groups is 1. The van der Waals surface area contributed by atoms with E-state index < -0.39 is 0 Å². The average molecular weight is 289 g/mol. The summed E-state index contributed by atoms with van der Waals surface area (Å²) in [7, 11) is 0. The standard InChI is InChI=1S/C14H19N5O2/c1-11(8-18-4-2-3-15-18)14(21)17-9-12-7-16-19(5-6-20)13(12)10-17/h2-4,7,11,20H,5-6,8-10H2,1H3. The number of hydrogen-bond donors (Lipinski definition) is 1. The van der Waals surface area contributed by atoms with Crippen LogP contribution in [0.5, 0.6) is 0 Å². The zero-order valence-electron chi connectivity index (χ0n) is 12.0. The summed E-state index contributed by atoms with van der Waals surface area (Å²) in [5.74, 6) is 0.00501. The first-order valence-corrected chi connectivity index (χ1v) is 7.09. The van der Waals surface area contributed by atoms with E-state index in [1.54, 1.807) is 21.8 Å². The lowest BCUT2D eigenvalue weighted by atomic mass is 10.1. The second-order valence-corrected chi connectivity index (χ2v) is 5.39. The van der Waals surface area contributed by atoms with Crippen LogP contribution in [0.3, 0.4) is 0 Å². The molecule has 0 spiro atoms. The highest BCUT2D eigenvalue weighted by Gasteiger charge is 2.29. The van der Waals surface area contributed by atoms with Crippen LogP contribution in [0.2, 0.25) is 0 Å². The van der Waals surface area contributed by atoms with Crippen LogP contribution in [0.25, 0.3) is 0 Å². The van der Waals surface area contributed by atoms with E-state index in [1.807, 2.05) is 24.1 Å². The molecule has 21 heavy (non-hydrogen) atoms. The molecule has 3 heterocycles. The van der Waals surface area contributed by atoms with Crippen LogP contribution < -0.4 is 0 Å². The molecule has 0 aromatic carbocycles. The Morgan fingerprint density at radius 3 is 3.00 bits per heavy atom. The van der Waals surface area contributed by atoms with Crippen molar-refractivity contribution in [1.29, 1.82) is 0 Å². The van der Waals surface area contributed by atoms with Crippen molar-refractivity contribution in [2.75, 3.05) is 6.61 Å². The highest BCUT2D eigenvalue weighted by molar-refractivity contribution is 5.79. The van der Waals surface area contributed by atoms with Crippen molar-refractivity contribution in [1.82, 2.24) is 24.5 Å². The molecule has 2 aromatic heterocycles. The van der Waals surface area contributed by atoms with E-state index in [9.17, 15) is 4.79 Å². The molecule has 1 N–H and O–H groups in total. The fourth-order valence-corrected chi connectivity index (χ4v) is 2.73. The van der Waals surface area contributed by atoms with Gasteiger partial charge in [-0.25, -0.2) is 0 Å². The van der Waals surface area contributed by atoms with Crippen LogP contribution in [0, 0.1) is 5.92 Å². The van der Waals surface area contributed by atoms with Gasteiger partial charge in [-0.15, -0.1) is 0 Å². The third kappa shape index (κ3) is 2.69. The topological polar surface area (TPSA) is 76.2 Å². The maximum absolute atomic E-state index is 12.5. The molecule has 0 bridgehead atoms. The molecule has 7 heteroatoms. The molecule has 1 atom stereocenters.